The molecule has 3 atom stereocenters. The van der Waals surface area contributed by atoms with E-state index < -0.39 is 42.5 Å². The van der Waals surface area contributed by atoms with Crippen LogP contribution in [0.4, 0.5) is 0 Å². The molecule has 0 amide bonds. The van der Waals surface area contributed by atoms with Crippen molar-refractivity contribution < 1.29 is 31.6 Å². The SMILES string of the molecule is Cc1ccc(S(=O)(=O)OCC2OC(C)(C)O[C@@H]2C(O)CO[Si](c2ccccc2)(c2ccccc2)C(C)(C)C)cc1. The molecule has 1 aliphatic heterocycles. The molecule has 9 heteroatoms. The zero-order chi connectivity index (χ0) is 29.2. The van der Waals surface area contributed by atoms with Gasteiger partial charge in [0.15, 0.2) is 5.79 Å². The molecule has 0 aliphatic carbocycles. The van der Waals surface area contributed by atoms with Gasteiger partial charge < -0.3 is 19.0 Å². The summed E-state index contributed by atoms with van der Waals surface area (Å²) in [6, 6.07) is 26.7. The Hall–Kier alpha value is -2.37. The quantitative estimate of drug-likeness (QED) is 0.283. The van der Waals surface area contributed by atoms with Crippen molar-refractivity contribution in [3.63, 3.8) is 0 Å². The molecule has 40 heavy (non-hydrogen) atoms. The van der Waals surface area contributed by atoms with Gasteiger partial charge in [0.05, 0.1) is 18.1 Å². The summed E-state index contributed by atoms with van der Waals surface area (Å²) >= 11 is 0. The van der Waals surface area contributed by atoms with Gasteiger partial charge in [-0.3, -0.25) is 4.18 Å². The molecule has 1 heterocycles. The minimum Gasteiger partial charge on any atom is -0.405 e. The molecule has 0 bridgehead atoms. The van der Waals surface area contributed by atoms with E-state index in [1.54, 1.807) is 26.0 Å². The van der Waals surface area contributed by atoms with Crippen molar-refractivity contribution in [1.82, 2.24) is 0 Å². The Bertz CT molecular complexity index is 1310. The van der Waals surface area contributed by atoms with Crippen molar-refractivity contribution in [1.29, 1.82) is 0 Å². The lowest BCUT2D eigenvalue weighted by Gasteiger charge is -2.43. The summed E-state index contributed by atoms with van der Waals surface area (Å²) in [7, 11) is -6.92. The van der Waals surface area contributed by atoms with E-state index in [2.05, 4.69) is 45.0 Å². The fraction of sp³-hybridized carbons (Fsp3) is 0.419. The lowest BCUT2D eigenvalue weighted by Crippen LogP contribution is -2.67. The largest absolute Gasteiger partial charge is 0.405 e. The third-order valence-electron chi connectivity index (χ3n) is 7.19. The van der Waals surface area contributed by atoms with E-state index in [0.29, 0.717) is 0 Å². The van der Waals surface area contributed by atoms with Crippen LogP contribution in [0, 0.1) is 6.92 Å². The number of aliphatic hydroxyl groups excluding tert-OH is 1. The van der Waals surface area contributed by atoms with Gasteiger partial charge >= 0.3 is 0 Å². The van der Waals surface area contributed by atoms with Crippen LogP contribution in [0.1, 0.15) is 40.2 Å². The molecule has 4 rings (SSSR count). The first-order valence-corrected chi connectivity index (χ1v) is 16.8. The number of ether oxygens (including phenoxy) is 2. The average molecular weight is 585 g/mol. The normalized spacial score (nSPS) is 20.4. The summed E-state index contributed by atoms with van der Waals surface area (Å²) in [4.78, 5) is 0.0587. The Morgan fingerprint density at radius 3 is 1.93 bits per heavy atom. The molecule has 3 aromatic carbocycles. The van der Waals surface area contributed by atoms with Crippen LogP contribution in [0.3, 0.4) is 0 Å². The highest BCUT2D eigenvalue weighted by molar-refractivity contribution is 7.86. The first kappa shape index (κ1) is 30.6. The maximum absolute atomic E-state index is 12.8. The van der Waals surface area contributed by atoms with Crippen LogP contribution < -0.4 is 10.4 Å². The monoisotopic (exact) mass is 584 g/mol. The van der Waals surface area contributed by atoms with Gasteiger partial charge in [-0.25, -0.2) is 0 Å². The van der Waals surface area contributed by atoms with Gasteiger partial charge in [0.2, 0.25) is 0 Å². The molecular weight excluding hydrogens is 544 g/mol. The second-order valence-electron chi connectivity index (χ2n) is 11.7. The maximum Gasteiger partial charge on any atom is 0.297 e. The van der Waals surface area contributed by atoms with Crippen LogP contribution >= 0.6 is 0 Å². The standard InChI is InChI=1S/C31H40O7SSi/c1-23-17-19-24(20-18-23)39(33,34)35-22-28-29(38-31(5,6)37-28)27(32)21-36-40(30(2,3)4,25-13-9-7-10-14-25)26-15-11-8-12-16-26/h7-20,27-29,32H,21-22H2,1-6H3/t27?,28?,29-/m1/s1. The summed E-state index contributed by atoms with van der Waals surface area (Å²) in [6.45, 7) is 11.5. The second-order valence-corrected chi connectivity index (χ2v) is 17.7. The fourth-order valence-corrected chi connectivity index (χ4v) is 10.8. The van der Waals surface area contributed by atoms with Crippen LogP contribution in [0.15, 0.2) is 89.8 Å². The zero-order valence-electron chi connectivity index (χ0n) is 24.0. The number of hydrogen-bond donors (Lipinski definition) is 1. The van der Waals surface area contributed by atoms with Gasteiger partial charge in [-0.2, -0.15) is 8.42 Å². The van der Waals surface area contributed by atoms with E-state index in [1.807, 2.05) is 43.3 Å². The maximum atomic E-state index is 12.8. The van der Waals surface area contributed by atoms with E-state index in [-0.39, 0.29) is 23.1 Å². The summed E-state index contributed by atoms with van der Waals surface area (Å²) in [6.07, 6.45) is -2.78. The minimum atomic E-state index is -4.02. The molecule has 0 radical (unpaired) electrons. The Balaban J connectivity index is 1.57. The van der Waals surface area contributed by atoms with Crippen molar-refractivity contribution in [2.75, 3.05) is 13.2 Å². The highest BCUT2D eigenvalue weighted by Gasteiger charge is 2.52. The molecule has 0 saturated carbocycles. The Kier molecular flexibility index (Phi) is 9.06. The zero-order valence-corrected chi connectivity index (χ0v) is 25.9. The Labute approximate surface area is 239 Å². The van der Waals surface area contributed by atoms with Gasteiger partial charge in [-0.1, -0.05) is 99.1 Å². The van der Waals surface area contributed by atoms with Crippen LogP contribution in [-0.2, 0) is 28.2 Å². The fourth-order valence-electron chi connectivity index (χ4n) is 5.31. The molecule has 0 spiro atoms. The first-order chi connectivity index (χ1) is 18.8. The molecule has 0 aromatic heterocycles. The molecule has 1 N–H and O–H groups in total. The van der Waals surface area contributed by atoms with Gasteiger partial charge in [0, 0.05) is 0 Å². The lowest BCUT2D eigenvalue weighted by molar-refractivity contribution is -0.158. The molecular formula is C31H40O7SSi. The topological polar surface area (TPSA) is 91.3 Å². The van der Waals surface area contributed by atoms with E-state index in [4.69, 9.17) is 18.1 Å². The molecule has 216 valence electrons. The Morgan fingerprint density at radius 2 is 1.43 bits per heavy atom. The Morgan fingerprint density at radius 1 is 0.900 bits per heavy atom. The molecule has 1 aliphatic rings. The number of aliphatic hydroxyl groups is 1. The summed E-state index contributed by atoms with van der Waals surface area (Å²) in [5.74, 6) is -1.04. The van der Waals surface area contributed by atoms with E-state index >= 15 is 0 Å². The average Bonchev–Trinajstić information content (AvgIpc) is 3.23. The summed E-state index contributed by atoms with van der Waals surface area (Å²) < 4.78 is 49.9. The third-order valence-corrected chi connectivity index (χ3v) is 13.5. The van der Waals surface area contributed by atoms with Crippen LogP contribution in [-0.4, -0.2) is 59.2 Å². The molecule has 1 fully saturated rings. The third kappa shape index (κ3) is 6.57. The van der Waals surface area contributed by atoms with Crippen LogP contribution in [0.25, 0.3) is 0 Å². The van der Waals surface area contributed by atoms with Crippen molar-refractivity contribution >= 4 is 28.8 Å². The second kappa shape index (κ2) is 11.9. The lowest BCUT2D eigenvalue weighted by atomic mass is 10.1. The smallest absolute Gasteiger partial charge is 0.297 e. The van der Waals surface area contributed by atoms with Crippen molar-refractivity contribution in [2.24, 2.45) is 0 Å². The van der Waals surface area contributed by atoms with Crippen molar-refractivity contribution in [3.05, 3.63) is 90.5 Å². The molecule has 1 saturated heterocycles. The number of benzene rings is 3. The molecule has 3 aromatic rings. The van der Waals surface area contributed by atoms with Gasteiger partial charge in [0.1, 0.15) is 18.3 Å². The van der Waals surface area contributed by atoms with Crippen LogP contribution in [0.2, 0.25) is 5.04 Å². The van der Waals surface area contributed by atoms with Gasteiger partial charge in [-0.15, -0.1) is 0 Å². The predicted molar refractivity (Wildman–Crippen MR) is 158 cm³/mol. The number of hydrogen-bond acceptors (Lipinski definition) is 7. The van der Waals surface area contributed by atoms with Gasteiger partial charge in [0.25, 0.3) is 18.4 Å². The van der Waals surface area contributed by atoms with Gasteiger partial charge in [-0.05, 0) is 48.3 Å². The van der Waals surface area contributed by atoms with E-state index in [1.165, 1.54) is 12.1 Å². The van der Waals surface area contributed by atoms with Crippen molar-refractivity contribution in [2.45, 2.75) is 75.6 Å². The molecule has 2 unspecified atom stereocenters. The van der Waals surface area contributed by atoms with E-state index in [9.17, 15) is 13.5 Å². The van der Waals surface area contributed by atoms with E-state index in [0.717, 1.165) is 15.9 Å². The summed E-state index contributed by atoms with van der Waals surface area (Å²) in [5.41, 5.74) is 0.942. The minimum absolute atomic E-state index is 0.0292. The van der Waals surface area contributed by atoms with Crippen LogP contribution in [0.5, 0.6) is 0 Å². The highest BCUT2D eigenvalue weighted by atomic mass is 32.2. The molecule has 7 nitrogen and oxygen atoms in total. The summed E-state index contributed by atoms with van der Waals surface area (Å²) in [5, 5.41) is 13.4. The van der Waals surface area contributed by atoms with Crippen molar-refractivity contribution in [3.8, 4) is 0 Å². The number of aryl methyl sites for hydroxylation is 1. The first-order valence-electron chi connectivity index (χ1n) is 13.5. The number of rotatable bonds is 10. The predicted octanol–water partition coefficient (Wildman–Crippen LogP) is 4.16. The highest BCUT2D eigenvalue weighted by Crippen LogP contribution is 2.38.